The van der Waals surface area contributed by atoms with Crippen LogP contribution >= 0.6 is 0 Å². The molecule has 6 aromatic rings. The molecule has 0 saturated carbocycles. The lowest BCUT2D eigenvalue weighted by molar-refractivity contribution is 0.111. The van der Waals surface area contributed by atoms with Crippen LogP contribution in [0.4, 0.5) is 11.5 Å². The Labute approximate surface area is 205 Å². The number of aromatic nitrogens is 7. The van der Waals surface area contributed by atoms with Gasteiger partial charge in [0, 0.05) is 29.9 Å². The van der Waals surface area contributed by atoms with Crippen LogP contribution in [0.2, 0.25) is 0 Å². The smallest absolute Gasteiger partial charge is 0.224 e. The van der Waals surface area contributed by atoms with Crippen LogP contribution in [0.5, 0.6) is 11.6 Å². The number of nitrogens with zero attached hydrogens (tertiary/aromatic N) is 7. The number of carbonyl (C=O) groups is 1. The van der Waals surface area contributed by atoms with Crippen molar-refractivity contribution in [1.29, 1.82) is 0 Å². The van der Waals surface area contributed by atoms with E-state index < -0.39 is 0 Å². The highest BCUT2D eigenvalue weighted by Crippen LogP contribution is 2.31. The summed E-state index contributed by atoms with van der Waals surface area (Å²) in [6.45, 7) is 1.96. The van der Waals surface area contributed by atoms with Crippen LogP contribution in [0.1, 0.15) is 16.1 Å². The zero-order valence-corrected chi connectivity index (χ0v) is 19.5. The zero-order chi connectivity index (χ0) is 24.6. The highest BCUT2D eigenvalue weighted by molar-refractivity contribution is 5.94. The summed E-state index contributed by atoms with van der Waals surface area (Å²) in [7, 11) is 1.87. The molecule has 0 bridgehead atoms. The molecule has 10 nitrogen and oxygen atoms in total. The van der Waals surface area contributed by atoms with E-state index in [1.807, 2.05) is 61.0 Å². The molecule has 0 saturated heterocycles. The number of carbonyl (C=O) groups excluding carboxylic acids is 1. The van der Waals surface area contributed by atoms with Gasteiger partial charge in [0.15, 0.2) is 11.9 Å². The highest BCUT2D eigenvalue weighted by Gasteiger charge is 2.11. The monoisotopic (exact) mass is 476 g/mol. The van der Waals surface area contributed by atoms with Gasteiger partial charge in [0.25, 0.3) is 0 Å². The Morgan fingerprint density at radius 1 is 0.972 bits per heavy atom. The molecule has 0 atom stereocenters. The Morgan fingerprint density at radius 3 is 2.72 bits per heavy atom. The topological polar surface area (TPSA) is 112 Å². The molecule has 1 N–H and O–H groups in total. The van der Waals surface area contributed by atoms with Crippen LogP contribution in [-0.2, 0) is 7.05 Å². The van der Waals surface area contributed by atoms with Crippen molar-refractivity contribution in [2.75, 3.05) is 5.32 Å². The molecule has 0 unspecified atom stereocenters. The normalized spacial score (nSPS) is 11.2. The lowest BCUT2D eigenvalue weighted by Crippen LogP contribution is -1.99. The number of benzene rings is 2. The quantitative estimate of drug-likeness (QED) is 0.343. The molecule has 10 heteroatoms. The minimum atomic E-state index is 0.437. The van der Waals surface area contributed by atoms with E-state index in [4.69, 9.17) is 4.74 Å². The van der Waals surface area contributed by atoms with Crippen molar-refractivity contribution in [1.82, 2.24) is 34.1 Å². The zero-order valence-electron chi connectivity index (χ0n) is 19.5. The Hall–Kier alpha value is -5.12. The number of rotatable bonds is 6. The molecule has 0 radical (unpaired) electrons. The fourth-order valence-corrected chi connectivity index (χ4v) is 4.11. The first kappa shape index (κ1) is 21.4. The van der Waals surface area contributed by atoms with Gasteiger partial charge >= 0.3 is 0 Å². The van der Waals surface area contributed by atoms with Crippen molar-refractivity contribution >= 4 is 34.3 Å². The lowest BCUT2D eigenvalue weighted by Gasteiger charge is -2.13. The molecule has 4 aromatic heterocycles. The third kappa shape index (κ3) is 3.80. The second kappa shape index (κ2) is 8.58. The van der Waals surface area contributed by atoms with Crippen molar-refractivity contribution < 1.29 is 9.53 Å². The van der Waals surface area contributed by atoms with Crippen molar-refractivity contribution in [2.45, 2.75) is 6.92 Å². The van der Waals surface area contributed by atoms with Gasteiger partial charge in [-0.3, -0.25) is 9.20 Å². The molecule has 4 heterocycles. The van der Waals surface area contributed by atoms with Crippen molar-refractivity contribution in [2.24, 2.45) is 7.05 Å². The third-order valence-corrected chi connectivity index (χ3v) is 6.03. The van der Waals surface area contributed by atoms with Crippen LogP contribution in [0.25, 0.3) is 27.8 Å². The van der Waals surface area contributed by atoms with Gasteiger partial charge in [-0.15, -0.1) is 10.2 Å². The van der Waals surface area contributed by atoms with Crippen LogP contribution in [0, 0.1) is 6.92 Å². The van der Waals surface area contributed by atoms with Crippen LogP contribution in [-0.4, -0.2) is 40.4 Å². The molecular formula is C26H20N8O2. The molecule has 0 amide bonds. The first-order chi connectivity index (χ1) is 17.6. The first-order valence-corrected chi connectivity index (χ1v) is 11.2. The molecule has 0 aliphatic carbocycles. The van der Waals surface area contributed by atoms with Crippen LogP contribution in [0.3, 0.4) is 0 Å². The number of fused-ring (bicyclic) bond motifs is 2. The first-order valence-electron chi connectivity index (χ1n) is 11.2. The van der Waals surface area contributed by atoms with Gasteiger partial charge in [-0.1, -0.05) is 6.07 Å². The van der Waals surface area contributed by atoms with E-state index in [1.54, 1.807) is 29.2 Å². The Bertz CT molecular complexity index is 1750. The van der Waals surface area contributed by atoms with Gasteiger partial charge in [0.2, 0.25) is 5.88 Å². The minimum absolute atomic E-state index is 0.437. The van der Waals surface area contributed by atoms with Crippen molar-refractivity contribution in [3.05, 3.63) is 84.8 Å². The molecular weight excluding hydrogens is 456 g/mol. The van der Waals surface area contributed by atoms with Crippen LogP contribution in [0.15, 0.2) is 73.6 Å². The number of nitrogens with one attached hydrogen (secondary N) is 1. The Morgan fingerprint density at radius 2 is 1.89 bits per heavy atom. The summed E-state index contributed by atoms with van der Waals surface area (Å²) in [4.78, 5) is 24.4. The maximum Gasteiger partial charge on any atom is 0.224 e. The van der Waals surface area contributed by atoms with E-state index in [1.165, 1.54) is 6.33 Å². The van der Waals surface area contributed by atoms with Gasteiger partial charge in [0.1, 0.15) is 30.5 Å². The maximum absolute atomic E-state index is 11.3. The average molecular weight is 477 g/mol. The number of aryl methyl sites for hydroxylation is 1. The fraction of sp³-hybridized carbons (Fsp3) is 0.0769. The maximum atomic E-state index is 11.3. The summed E-state index contributed by atoms with van der Waals surface area (Å²) >= 11 is 0. The summed E-state index contributed by atoms with van der Waals surface area (Å²) in [5, 5.41) is 12.1. The molecule has 2 aromatic carbocycles. The van der Waals surface area contributed by atoms with Gasteiger partial charge < -0.3 is 14.6 Å². The van der Waals surface area contributed by atoms with Crippen molar-refractivity contribution in [3.8, 4) is 22.9 Å². The fourth-order valence-electron chi connectivity index (χ4n) is 4.11. The SMILES string of the molecule is Cc1cc(Nc2ncnc3ccc(-c4ccc(C=O)n4C)cc23)ccc1Oc1cc2nncn2cn1. The third-order valence-electron chi connectivity index (χ3n) is 6.03. The highest BCUT2D eigenvalue weighted by atomic mass is 16.5. The summed E-state index contributed by atoms with van der Waals surface area (Å²) in [6.07, 6.45) is 5.58. The molecule has 6 rings (SSSR count). The molecule has 0 aliphatic rings. The summed E-state index contributed by atoms with van der Waals surface area (Å²) in [6, 6.07) is 17.2. The second-order valence-electron chi connectivity index (χ2n) is 8.31. The predicted octanol–water partition coefficient (Wildman–Crippen LogP) is 4.73. The molecule has 176 valence electrons. The summed E-state index contributed by atoms with van der Waals surface area (Å²) < 4.78 is 9.55. The number of hydrogen-bond donors (Lipinski definition) is 1. The summed E-state index contributed by atoms with van der Waals surface area (Å²) in [5.74, 6) is 1.80. The van der Waals surface area contributed by atoms with Gasteiger partial charge in [-0.25, -0.2) is 15.0 Å². The lowest BCUT2D eigenvalue weighted by atomic mass is 10.1. The molecule has 0 fully saturated rings. The van der Waals surface area contributed by atoms with Gasteiger partial charge in [-0.05, 0) is 60.5 Å². The second-order valence-corrected chi connectivity index (χ2v) is 8.31. The van der Waals surface area contributed by atoms with E-state index in [2.05, 4.69) is 30.5 Å². The van der Waals surface area contributed by atoms with Gasteiger partial charge in [-0.2, -0.15) is 0 Å². The predicted molar refractivity (Wildman–Crippen MR) is 135 cm³/mol. The van der Waals surface area contributed by atoms with E-state index in [0.717, 1.165) is 39.7 Å². The van der Waals surface area contributed by atoms with Gasteiger partial charge in [0.05, 0.1) is 11.2 Å². The molecule has 0 spiro atoms. The van der Waals surface area contributed by atoms with E-state index >= 15 is 0 Å². The number of ether oxygens (including phenoxy) is 1. The standard InChI is InChI=1S/C26H20N8O2/c1-16-9-18(4-8-23(16)36-25-11-24-32-30-15-34(24)14-29-25)31-26-20-10-17(3-6-21(20)27-13-28-26)22-7-5-19(12-35)33(22)2/h3-15H,1-2H3,(H,27,28,31). The minimum Gasteiger partial charge on any atom is -0.439 e. The Kier molecular flexibility index (Phi) is 5.11. The molecule has 36 heavy (non-hydrogen) atoms. The van der Waals surface area contributed by atoms with Crippen molar-refractivity contribution in [3.63, 3.8) is 0 Å². The van der Waals surface area contributed by atoms with E-state index in [9.17, 15) is 4.79 Å². The van der Waals surface area contributed by atoms with Crippen LogP contribution < -0.4 is 10.1 Å². The number of anilines is 2. The average Bonchev–Trinajstić information content (AvgIpc) is 3.51. The number of aldehydes is 1. The number of hydrogen-bond acceptors (Lipinski definition) is 8. The summed E-state index contributed by atoms with van der Waals surface area (Å²) in [5.41, 5.74) is 5.76. The largest absolute Gasteiger partial charge is 0.439 e. The van der Waals surface area contributed by atoms with E-state index in [-0.39, 0.29) is 0 Å². The van der Waals surface area contributed by atoms with E-state index in [0.29, 0.717) is 28.8 Å². The molecule has 0 aliphatic heterocycles. The Balaban J connectivity index is 1.29.